The average Bonchev–Trinajstić information content (AvgIpc) is 3.33. The molecule has 0 aromatic heterocycles. The van der Waals surface area contributed by atoms with Crippen LogP contribution in [0.5, 0.6) is 0 Å². The number of carbonyl (C=O) groups excluding carboxylic acids is 4. The van der Waals surface area contributed by atoms with Crippen molar-refractivity contribution in [1.29, 1.82) is 0 Å². The molecular formula is C32H32N4O5. The number of piperidine rings is 1. The summed E-state index contributed by atoms with van der Waals surface area (Å²) in [7, 11) is 1.31. The van der Waals surface area contributed by atoms with Crippen LogP contribution in [0.15, 0.2) is 72.8 Å². The number of carbonyl (C=O) groups is 4. The number of nitrogens with zero attached hydrogens (tertiary/aromatic N) is 2. The van der Waals surface area contributed by atoms with Gasteiger partial charge in [-0.3, -0.25) is 14.4 Å². The van der Waals surface area contributed by atoms with Crippen molar-refractivity contribution in [3.05, 3.63) is 89.5 Å². The smallest absolute Gasteiger partial charge is 0.337 e. The number of amides is 3. The lowest BCUT2D eigenvalue weighted by Crippen LogP contribution is -2.44. The van der Waals surface area contributed by atoms with Gasteiger partial charge >= 0.3 is 5.97 Å². The molecule has 2 N–H and O–H groups in total. The zero-order valence-corrected chi connectivity index (χ0v) is 23.1. The lowest BCUT2D eigenvalue weighted by atomic mass is 9.99. The van der Waals surface area contributed by atoms with Crippen molar-refractivity contribution in [1.82, 2.24) is 4.90 Å². The Morgan fingerprint density at radius 2 is 1.63 bits per heavy atom. The number of methoxy groups -OCH3 is 1. The van der Waals surface area contributed by atoms with E-state index in [1.165, 1.54) is 18.9 Å². The van der Waals surface area contributed by atoms with Crippen molar-refractivity contribution in [2.45, 2.75) is 26.2 Å². The molecule has 3 aromatic carbocycles. The maximum atomic E-state index is 13.2. The van der Waals surface area contributed by atoms with Crippen LogP contribution in [0.1, 0.15) is 47.7 Å². The van der Waals surface area contributed by atoms with E-state index < -0.39 is 5.97 Å². The van der Waals surface area contributed by atoms with Crippen molar-refractivity contribution in [2.75, 3.05) is 42.3 Å². The van der Waals surface area contributed by atoms with E-state index in [1.54, 1.807) is 30.3 Å². The first-order valence-corrected chi connectivity index (χ1v) is 13.6. The average molecular weight is 553 g/mol. The second-order valence-corrected chi connectivity index (χ2v) is 10.0. The molecule has 41 heavy (non-hydrogen) atoms. The highest BCUT2D eigenvalue weighted by Gasteiger charge is 2.29. The van der Waals surface area contributed by atoms with Crippen LogP contribution in [0.2, 0.25) is 0 Å². The maximum absolute atomic E-state index is 13.2. The van der Waals surface area contributed by atoms with Gasteiger partial charge in [0, 0.05) is 37.0 Å². The first-order chi connectivity index (χ1) is 19.9. The van der Waals surface area contributed by atoms with Gasteiger partial charge in [0.1, 0.15) is 6.54 Å². The Labute approximate surface area is 238 Å². The molecule has 0 spiro atoms. The zero-order valence-electron chi connectivity index (χ0n) is 23.1. The molecule has 2 aliphatic rings. The number of ether oxygens (including phenoxy) is 1. The van der Waals surface area contributed by atoms with Gasteiger partial charge in [-0.15, -0.1) is 0 Å². The Balaban J connectivity index is 1.45. The number of likely N-dealkylation sites (tertiary alicyclic amines) is 1. The van der Waals surface area contributed by atoms with Crippen LogP contribution in [0.25, 0.3) is 11.3 Å². The zero-order chi connectivity index (χ0) is 28.9. The van der Waals surface area contributed by atoms with Gasteiger partial charge in [0.05, 0.1) is 29.6 Å². The lowest BCUT2D eigenvalue weighted by Gasteiger charge is -2.29. The third-order valence-corrected chi connectivity index (χ3v) is 7.33. The predicted octanol–water partition coefficient (Wildman–Crippen LogP) is 4.77. The summed E-state index contributed by atoms with van der Waals surface area (Å²) < 4.78 is 4.82. The molecule has 3 amide bonds. The first-order valence-electron chi connectivity index (χ1n) is 13.6. The molecule has 0 radical (unpaired) electrons. The number of esters is 1. The molecule has 1 fully saturated rings. The lowest BCUT2D eigenvalue weighted by molar-refractivity contribution is -0.132. The van der Waals surface area contributed by atoms with Crippen molar-refractivity contribution >= 4 is 52.0 Å². The number of hydrogen-bond donors (Lipinski definition) is 2. The molecule has 3 aromatic rings. The van der Waals surface area contributed by atoms with Crippen molar-refractivity contribution in [3.63, 3.8) is 0 Å². The van der Waals surface area contributed by atoms with Gasteiger partial charge in [-0.1, -0.05) is 36.4 Å². The summed E-state index contributed by atoms with van der Waals surface area (Å²) in [5.41, 5.74) is 4.64. The fraction of sp³-hybridized carbons (Fsp3) is 0.250. The van der Waals surface area contributed by atoms with E-state index in [0.717, 1.165) is 37.9 Å². The SMILES string of the molecule is COC(=O)c1ccc2c(c1)NC(=O)C2=C(Nc1ccc(N(CC(=O)N2CCCCC2)C(C)=O)cc1)c1ccccc1. The Kier molecular flexibility index (Phi) is 8.14. The Morgan fingerprint density at radius 3 is 2.29 bits per heavy atom. The molecule has 0 saturated carbocycles. The van der Waals surface area contributed by atoms with E-state index in [9.17, 15) is 19.2 Å². The molecule has 9 nitrogen and oxygen atoms in total. The summed E-state index contributed by atoms with van der Waals surface area (Å²) in [5, 5.41) is 6.25. The predicted molar refractivity (Wildman–Crippen MR) is 158 cm³/mol. The fourth-order valence-electron chi connectivity index (χ4n) is 5.18. The quantitative estimate of drug-likeness (QED) is 0.323. The highest BCUT2D eigenvalue weighted by molar-refractivity contribution is 6.37. The van der Waals surface area contributed by atoms with E-state index in [1.807, 2.05) is 47.4 Å². The van der Waals surface area contributed by atoms with Gasteiger partial charge in [-0.2, -0.15) is 0 Å². The van der Waals surface area contributed by atoms with Crippen LogP contribution in [0.3, 0.4) is 0 Å². The molecule has 0 unspecified atom stereocenters. The van der Waals surface area contributed by atoms with Crippen LogP contribution in [-0.2, 0) is 19.1 Å². The van der Waals surface area contributed by atoms with Gasteiger partial charge in [-0.05, 0) is 61.2 Å². The topological polar surface area (TPSA) is 108 Å². The summed E-state index contributed by atoms with van der Waals surface area (Å²) in [6.45, 7) is 2.90. The Bertz CT molecular complexity index is 1510. The fourth-order valence-corrected chi connectivity index (χ4v) is 5.18. The Hall–Kier alpha value is -4.92. The Morgan fingerprint density at radius 1 is 0.927 bits per heavy atom. The number of benzene rings is 3. The van der Waals surface area contributed by atoms with Crippen molar-refractivity contribution in [3.8, 4) is 0 Å². The number of fused-ring (bicyclic) bond motifs is 1. The second kappa shape index (κ2) is 12.1. The number of rotatable bonds is 7. The largest absolute Gasteiger partial charge is 0.465 e. The monoisotopic (exact) mass is 552 g/mol. The van der Waals surface area contributed by atoms with Crippen LogP contribution >= 0.6 is 0 Å². The molecule has 2 aliphatic heterocycles. The highest BCUT2D eigenvalue weighted by atomic mass is 16.5. The van der Waals surface area contributed by atoms with Crippen LogP contribution in [-0.4, -0.2) is 55.3 Å². The summed E-state index contributed by atoms with van der Waals surface area (Å²) in [4.78, 5) is 53.9. The third-order valence-electron chi connectivity index (χ3n) is 7.33. The van der Waals surface area contributed by atoms with Gasteiger partial charge in [0.15, 0.2) is 0 Å². The number of anilines is 3. The normalized spacial score (nSPS) is 15.5. The van der Waals surface area contributed by atoms with E-state index in [2.05, 4.69) is 10.6 Å². The summed E-state index contributed by atoms with van der Waals surface area (Å²) in [6, 6.07) is 21.6. The second-order valence-electron chi connectivity index (χ2n) is 10.0. The molecule has 1 saturated heterocycles. The van der Waals surface area contributed by atoms with E-state index in [0.29, 0.717) is 39.5 Å². The van der Waals surface area contributed by atoms with Gasteiger partial charge in [0.2, 0.25) is 11.8 Å². The molecule has 2 heterocycles. The first kappa shape index (κ1) is 27.6. The maximum Gasteiger partial charge on any atom is 0.337 e. The molecule has 210 valence electrons. The van der Waals surface area contributed by atoms with Crippen LogP contribution in [0, 0.1) is 0 Å². The number of hydrogen-bond acceptors (Lipinski definition) is 6. The van der Waals surface area contributed by atoms with Gasteiger partial charge < -0.3 is 25.2 Å². The van der Waals surface area contributed by atoms with E-state index in [4.69, 9.17) is 4.74 Å². The minimum Gasteiger partial charge on any atom is -0.465 e. The summed E-state index contributed by atoms with van der Waals surface area (Å²) in [6.07, 6.45) is 3.10. The summed E-state index contributed by atoms with van der Waals surface area (Å²) >= 11 is 0. The molecule has 0 atom stereocenters. The minimum atomic E-state index is -0.488. The van der Waals surface area contributed by atoms with Crippen molar-refractivity contribution < 1.29 is 23.9 Å². The van der Waals surface area contributed by atoms with Gasteiger partial charge in [0.25, 0.3) is 5.91 Å². The standard InChI is InChI=1S/C32H32N4O5/c1-21(37)36(20-28(38)35-17-7-4-8-18-35)25-14-12-24(13-15-25)33-30(22-9-5-3-6-10-22)29-26-16-11-23(32(40)41-2)19-27(26)34-31(29)39/h3,5-6,9-16,19,33H,4,7-8,17-18,20H2,1-2H3,(H,34,39). The van der Waals surface area contributed by atoms with Crippen LogP contribution in [0.4, 0.5) is 17.1 Å². The highest BCUT2D eigenvalue weighted by Crippen LogP contribution is 2.38. The van der Waals surface area contributed by atoms with Gasteiger partial charge in [-0.25, -0.2) is 4.79 Å². The minimum absolute atomic E-state index is 0.00799. The van der Waals surface area contributed by atoms with Crippen LogP contribution < -0.4 is 15.5 Å². The van der Waals surface area contributed by atoms with Crippen molar-refractivity contribution in [2.24, 2.45) is 0 Å². The molecule has 0 bridgehead atoms. The summed E-state index contributed by atoms with van der Waals surface area (Å²) in [5.74, 6) is -1.06. The number of nitrogens with one attached hydrogen (secondary N) is 2. The molecule has 9 heteroatoms. The molecule has 5 rings (SSSR count). The third kappa shape index (κ3) is 5.99. The molecular weight excluding hydrogens is 520 g/mol. The van der Waals surface area contributed by atoms with E-state index >= 15 is 0 Å². The molecule has 0 aliphatic carbocycles. The van der Waals surface area contributed by atoms with E-state index in [-0.39, 0.29) is 24.3 Å².